The minimum Gasteiger partial charge on any atom is -0.508 e. The molecular formula is C15H11NO. The summed E-state index contributed by atoms with van der Waals surface area (Å²) in [6.45, 7) is 0. The summed E-state index contributed by atoms with van der Waals surface area (Å²) in [6.07, 6.45) is 3.65. The molecule has 82 valence electrons. The Morgan fingerprint density at radius 3 is 2.35 bits per heavy atom. The van der Waals surface area contributed by atoms with Crippen molar-refractivity contribution < 1.29 is 5.11 Å². The highest BCUT2D eigenvalue weighted by Gasteiger charge is 1.99. The Labute approximate surface area is 99.2 Å². The first-order chi connectivity index (χ1) is 8.33. The molecule has 0 aliphatic rings. The van der Waals surface area contributed by atoms with E-state index in [1.165, 1.54) is 5.39 Å². The third-order valence-electron chi connectivity index (χ3n) is 2.84. The largest absolute Gasteiger partial charge is 0.508 e. The number of nitrogens with zero attached hydrogens (tertiary/aromatic N) is 1. The van der Waals surface area contributed by atoms with Crippen LogP contribution in [0.2, 0.25) is 0 Å². The summed E-state index contributed by atoms with van der Waals surface area (Å²) in [5.74, 6) is 0.290. The molecule has 0 radical (unpaired) electrons. The minimum atomic E-state index is 0.290. The molecule has 0 aliphatic heterocycles. The van der Waals surface area contributed by atoms with Crippen LogP contribution in [0.3, 0.4) is 0 Å². The highest BCUT2D eigenvalue weighted by atomic mass is 16.3. The normalized spacial score (nSPS) is 10.6. The predicted molar refractivity (Wildman–Crippen MR) is 68.8 cm³/mol. The molecule has 0 unspecified atom stereocenters. The first-order valence-corrected chi connectivity index (χ1v) is 5.46. The Hall–Kier alpha value is -2.35. The number of pyridine rings is 1. The van der Waals surface area contributed by atoms with Gasteiger partial charge in [-0.2, -0.15) is 0 Å². The maximum atomic E-state index is 9.27. The summed E-state index contributed by atoms with van der Waals surface area (Å²) >= 11 is 0. The molecular weight excluding hydrogens is 210 g/mol. The SMILES string of the molecule is Oc1ccc(-c2ccc3cnccc3c2)cc1. The van der Waals surface area contributed by atoms with Gasteiger partial charge in [0.05, 0.1) is 0 Å². The molecule has 1 N–H and O–H groups in total. The van der Waals surface area contributed by atoms with E-state index >= 15 is 0 Å². The smallest absolute Gasteiger partial charge is 0.115 e. The van der Waals surface area contributed by atoms with E-state index in [1.54, 1.807) is 18.3 Å². The van der Waals surface area contributed by atoms with Gasteiger partial charge in [-0.05, 0) is 40.8 Å². The fraction of sp³-hybridized carbons (Fsp3) is 0. The molecule has 0 atom stereocenters. The minimum absolute atomic E-state index is 0.290. The number of phenolic OH excluding ortho intramolecular Hbond substituents is 1. The summed E-state index contributed by atoms with van der Waals surface area (Å²) in [5.41, 5.74) is 2.24. The van der Waals surface area contributed by atoms with Crippen molar-refractivity contribution >= 4 is 10.8 Å². The maximum absolute atomic E-state index is 9.27. The monoisotopic (exact) mass is 221 g/mol. The van der Waals surface area contributed by atoms with Gasteiger partial charge in [-0.3, -0.25) is 4.98 Å². The second-order valence-electron chi connectivity index (χ2n) is 3.98. The highest BCUT2D eigenvalue weighted by molar-refractivity contribution is 5.86. The van der Waals surface area contributed by atoms with Crippen LogP contribution in [-0.2, 0) is 0 Å². The molecule has 3 rings (SSSR count). The number of rotatable bonds is 1. The Bertz CT molecular complexity index is 659. The van der Waals surface area contributed by atoms with Crippen molar-refractivity contribution in [2.45, 2.75) is 0 Å². The third-order valence-corrected chi connectivity index (χ3v) is 2.84. The molecule has 0 aliphatic carbocycles. The van der Waals surface area contributed by atoms with Crippen LogP contribution < -0.4 is 0 Å². The first-order valence-electron chi connectivity index (χ1n) is 5.46. The zero-order chi connectivity index (χ0) is 11.7. The van der Waals surface area contributed by atoms with Crippen LogP contribution in [0, 0.1) is 0 Å². The molecule has 1 aromatic heterocycles. The van der Waals surface area contributed by atoms with Crippen LogP contribution >= 0.6 is 0 Å². The Morgan fingerprint density at radius 1 is 0.765 bits per heavy atom. The molecule has 17 heavy (non-hydrogen) atoms. The van der Waals surface area contributed by atoms with Crippen LogP contribution in [-0.4, -0.2) is 10.1 Å². The summed E-state index contributed by atoms with van der Waals surface area (Å²) < 4.78 is 0. The number of benzene rings is 2. The number of aromatic nitrogens is 1. The Balaban J connectivity index is 2.14. The molecule has 0 bridgehead atoms. The van der Waals surface area contributed by atoms with E-state index in [9.17, 15) is 5.11 Å². The number of hydrogen-bond donors (Lipinski definition) is 1. The van der Waals surface area contributed by atoms with E-state index in [-0.39, 0.29) is 0 Å². The Morgan fingerprint density at radius 2 is 1.53 bits per heavy atom. The van der Waals surface area contributed by atoms with Crippen LogP contribution in [0.5, 0.6) is 5.75 Å². The predicted octanol–water partition coefficient (Wildman–Crippen LogP) is 3.61. The van der Waals surface area contributed by atoms with Crippen molar-refractivity contribution in [3.8, 4) is 16.9 Å². The van der Waals surface area contributed by atoms with Crippen molar-refractivity contribution in [2.75, 3.05) is 0 Å². The van der Waals surface area contributed by atoms with Crippen molar-refractivity contribution in [3.63, 3.8) is 0 Å². The van der Waals surface area contributed by atoms with Crippen molar-refractivity contribution in [1.29, 1.82) is 0 Å². The van der Waals surface area contributed by atoms with Gasteiger partial charge in [0.1, 0.15) is 5.75 Å². The van der Waals surface area contributed by atoms with Gasteiger partial charge < -0.3 is 5.11 Å². The number of phenols is 1. The van der Waals surface area contributed by atoms with E-state index in [0.29, 0.717) is 5.75 Å². The lowest BCUT2D eigenvalue weighted by Gasteiger charge is -2.04. The van der Waals surface area contributed by atoms with Gasteiger partial charge in [0.2, 0.25) is 0 Å². The average molecular weight is 221 g/mol. The third kappa shape index (κ3) is 1.85. The fourth-order valence-electron chi connectivity index (χ4n) is 1.92. The number of hydrogen-bond acceptors (Lipinski definition) is 2. The zero-order valence-electron chi connectivity index (χ0n) is 9.17. The molecule has 1 heterocycles. The molecule has 0 amide bonds. The lowest BCUT2D eigenvalue weighted by Crippen LogP contribution is -1.79. The summed E-state index contributed by atoms with van der Waals surface area (Å²) in [5, 5.41) is 11.6. The van der Waals surface area contributed by atoms with Gasteiger partial charge >= 0.3 is 0 Å². The van der Waals surface area contributed by atoms with Crippen LogP contribution in [0.4, 0.5) is 0 Å². The topological polar surface area (TPSA) is 33.1 Å². The Kier molecular flexibility index (Phi) is 2.26. The molecule has 0 spiro atoms. The molecule has 0 saturated heterocycles. The second-order valence-corrected chi connectivity index (χ2v) is 3.98. The van der Waals surface area contributed by atoms with Crippen molar-refractivity contribution in [3.05, 3.63) is 60.9 Å². The fourth-order valence-corrected chi connectivity index (χ4v) is 1.92. The van der Waals surface area contributed by atoms with E-state index in [0.717, 1.165) is 16.5 Å². The molecule has 0 saturated carbocycles. The van der Waals surface area contributed by atoms with E-state index in [1.807, 2.05) is 24.4 Å². The van der Waals surface area contributed by atoms with E-state index < -0.39 is 0 Å². The summed E-state index contributed by atoms with van der Waals surface area (Å²) in [7, 11) is 0. The quantitative estimate of drug-likeness (QED) is 0.681. The van der Waals surface area contributed by atoms with Crippen LogP contribution in [0.15, 0.2) is 60.9 Å². The highest BCUT2D eigenvalue weighted by Crippen LogP contribution is 2.25. The van der Waals surface area contributed by atoms with Gasteiger partial charge in [-0.15, -0.1) is 0 Å². The first kappa shape index (κ1) is 9.85. The van der Waals surface area contributed by atoms with Gasteiger partial charge in [0, 0.05) is 17.8 Å². The molecule has 0 fully saturated rings. The number of fused-ring (bicyclic) bond motifs is 1. The molecule has 2 heteroatoms. The number of aromatic hydroxyl groups is 1. The standard InChI is InChI=1S/C15H11NO/c17-15-5-3-11(4-6-15)12-1-2-14-10-16-8-7-13(14)9-12/h1-10,17H. The van der Waals surface area contributed by atoms with E-state index in [2.05, 4.69) is 23.2 Å². The van der Waals surface area contributed by atoms with Gasteiger partial charge in [0.25, 0.3) is 0 Å². The zero-order valence-corrected chi connectivity index (χ0v) is 9.17. The van der Waals surface area contributed by atoms with Crippen molar-refractivity contribution in [2.24, 2.45) is 0 Å². The van der Waals surface area contributed by atoms with Crippen LogP contribution in [0.25, 0.3) is 21.9 Å². The lowest BCUT2D eigenvalue weighted by atomic mass is 10.0. The molecule has 2 nitrogen and oxygen atoms in total. The maximum Gasteiger partial charge on any atom is 0.115 e. The average Bonchev–Trinajstić information content (AvgIpc) is 2.39. The summed E-state index contributed by atoms with van der Waals surface area (Å²) in [4.78, 5) is 4.09. The van der Waals surface area contributed by atoms with Gasteiger partial charge in [-0.1, -0.05) is 24.3 Å². The van der Waals surface area contributed by atoms with E-state index in [4.69, 9.17) is 0 Å². The lowest BCUT2D eigenvalue weighted by molar-refractivity contribution is 0.475. The molecule has 3 aromatic rings. The molecule has 2 aromatic carbocycles. The van der Waals surface area contributed by atoms with Crippen LogP contribution in [0.1, 0.15) is 0 Å². The van der Waals surface area contributed by atoms with Gasteiger partial charge in [-0.25, -0.2) is 0 Å². The van der Waals surface area contributed by atoms with Crippen molar-refractivity contribution in [1.82, 2.24) is 4.98 Å². The second kappa shape index (κ2) is 3.91. The van der Waals surface area contributed by atoms with Gasteiger partial charge in [0.15, 0.2) is 0 Å². The summed E-state index contributed by atoms with van der Waals surface area (Å²) in [6, 6.07) is 15.5.